The van der Waals surface area contributed by atoms with Gasteiger partial charge in [0, 0.05) is 34.8 Å². The normalized spacial score (nSPS) is 22.6. The van der Waals surface area contributed by atoms with Gasteiger partial charge in [-0.15, -0.1) is 11.3 Å². The number of anilines is 3. The molecule has 3 aromatic rings. The lowest BCUT2D eigenvalue weighted by Gasteiger charge is -2.39. The number of hydrogen-bond acceptors (Lipinski definition) is 8. The highest BCUT2D eigenvalue weighted by molar-refractivity contribution is 7.18. The van der Waals surface area contributed by atoms with Crippen LogP contribution in [-0.4, -0.2) is 54.9 Å². The van der Waals surface area contributed by atoms with Crippen molar-refractivity contribution in [2.45, 2.75) is 84.0 Å². The number of amides is 1. The number of thiophene rings is 1. The Labute approximate surface area is 197 Å². The van der Waals surface area contributed by atoms with E-state index >= 15 is 0 Å². The third-order valence-corrected chi connectivity index (χ3v) is 7.08. The molecule has 0 aromatic carbocycles. The Bertz CT molecular complexity index is 1170. The van der Waals surface area contributed by atoms with Crippen LogP contribution in [0.2, 0.25) is 0 Å². The lowest BCUT2D eigenvalue weighted by atomic mass is 9.98. The molecular weight excluding hydrogens is 438 g/mol. The van der Waals surface area contributed by atoms with E-state index in [-0.39, 0.29) is 24.2 Å². The fourth-order valence-electron chi connectivity index (χ4n) is 4.90. The van der Waals surface area contributed by atoms with Gasteiger partial charge < -0.3 is 20.3 Å². The first-order chi connectivity index (χ1) is 15.6. The largest absolute Gasteiger partial charge is 0.444 e. The number of H-pyrrole nitrogens is 1. The van der Waals surface area contributed by atoms with E-state index in [9.17, 15) is 4.79 Å². The molecule has 33 heavy (non-hydrogen) atoms. The van der Waals surface area contributed by atoms with E-state index in [2.05, 4.69) is 33.8 Å². The van der Waals surface area contributed by atoms with E-state index in [4.69, 9.17) is 14.7 Å². The van der Waals surface area contributed by atoms with Crippen molar-refractivity contribution in [1.29, 1.82) is 0 Å². The summed E-state index contributed by atoms with van der Waals surface area (Å²) < 4.78 is 5.66. The zero-order valence-corrected chi connectivity index (χ0v) is 20.5. The summed E-state index contributed by atoms with van der Waals surface area (Å²) in [5, 5.41) is 15.1. The van der Waals surface area contributed by atoms with Crippen molar-refractivity contribution in [3.05, 3.63) is 22.7 Å². The number of carbonyl (C=O) groups is 1. The molecule has 1 amide bonds. The van der Waals surface area contributed by atoms with E-state index in [1.165, 1.54) is 4.88 Å². The van der Waals surface area contributed by atoms with Crippen molar-refractivity contribution in [2.24, 2.45) is 0 Å². The molecule has 9 nitrogen and oxygen atoms in total. The molecule has 176 valence electrons. The van der Waals surface area contributed by atoms with Crippen LogP contribution >= 0.6 is 11.3 Å². The Kier molecular flexibility index (Phi) is 5.43. The second kappa shape index (κ2) is 8.16. The first-order valence-corrected chi connectivity index (χ1v) is 12.3. The molecule has 3 atom stereocenters. The molecule has 2 aliphatic rings. The van der Waals surface area contributed by atoms with Crippen molar-refractivity contribution in [3.63, 3.8) is 0 Å². The van der Waals surface area contributed by atoms with E-state index in [0.29, 0.717) is 5.95 Å². The molecule has 2 aliphatic heterocycles. The minimum atomic E-state index is -0.482. The second-order valence-electron chi connectivity index (χ2n) is 10.1. The number of piperidine rings is 1. The van der Waals surface area contributed by atoms with E-state index in [0.717, 1.165) is 53.2 Å². The molecule has 0 aliphatic carbocycles. The molecule has 5 rings (SSSR count). The van der Waals surface area contributed by atoms with E-state index < -0.39 is 5.60 Å². The van der Waals surface area contributed by atoms with Crippen LogP contribution in [0.25, 0.3) is 10.2 Å². The maximum Gasteiger partial charge on any atom is 0.410 e. The maximum absolute atomic E-state index is 12.8. The van der Waals surface area contributed by atoms with Gasteiger partial charge in [0.05, 0.1) is 5.39 Å². The van der Waals surface area contributed by atoms with Gasteiger partial charge in [-0.3, -0.25) is 5.10 Å². The number of aryl methyl sites for hydroxylation is 2. The zero-order valence-electron chi connectivity index (χ0n) is 19.7. The van der Waals surface area contributed by atoms with Crippen LogP contribution < -0.4 is 10.6 Å². The topological polar surface area (TPSA) is 108 Å². The molecule has 2 saturated heterocycles. The predicted molar refractivity (Wildman–Crippen MR) is 130 cm³/mol. The molecule has 0 saturated carbocycles. The van der Waals surface area contributed by atoms with Crippen LogP contribution in [-0.2, 0) is 4.74 Å². The highest BCUT2D eigenvalue weighted by Gasteiger charge is 2.45. The fourth-order valence-corrected chi connectivity index (χ4v) is 5.77. The Morgan fingerprint density at radius 2 is 1.91 bits per heavy atom. The number of aromatic amines is 1. The monoisotopic (exact) mass is 469 g/mol. The number of aromatic nitrogens is 4. The minimum Gasteiger partial charge on any atom is -0.444 e. The lowest BCUT2D eigenvalue weighted by molar-refractivity contribution is 0.00682. The number of ether oxygens (including phenoxy) is 1. The standard InChI is InChI=1S/C23H31N7O2S/c1-12-8-18(29-28-12)25-19-17-9-13(2)33-20(17)27-21(26-19)24-14-10-15-6-7-16(11-14)30(15)22(31)32-23(3,4)5/h8-9,14-16H,6-7,10-11H2,1-5H3,(H3,24,25,26,27,28,29)/t14?,15-,16+. The third kappa shape index (κ3) is 4.62. The van der Waals surface area contributed by atoms with Gasteiger partial charge in [-0.1, -0.05) is 0 Å². The van der Waals surface area contributed by atoms with Gasteiger partial charge in [0.2, 0.25) is 5.95 Å². The molecular formula is C23H31N7O2S. The van der Waals surface area contributed by atoms with E-state index in [1.807, 2.05) is 38.7 Å². The minimum absolute atomic E-state index is 0.188. The molecule has 3 N–H and O–H groups in total. The van der Waals surface area contributed by atoms with Gasteiger partial charge in [0.1, 0.15) is 16.2 Å². The SMILES string of the molecule is Cc1cc(Nc2nc(NC3C[C@H]4CC[C@@H](C3)N4C(=O)OC(C)(C)C)nc3sc(C)cc23)n[nH]1. The van der Waals surface area contributed by atoms with Gasteiger partial charge in [-0.2, -0.15) is 10.1 Å². The van der Waals surface area contributed by atoms with Crippen LogP contribution in [0.5, 0.6) is 0 Å². The highest BCUT2D eigenvalue weighted by atomic mass is 32.1. The molecule has 2 bridgehead atoms. The summed E-state index contributed by atoms with van der Waals surface area (Å²) in [6, 6.07) is 4.64. The smallest absolute Gasteiger partial charge is 0.410 e. The average molecular weight is 470 g/mol. The van der Waals surface area contributed by atoms with Crippen LogP contribution in [0, 0.1) is 13.8 Å². The van der Waals surface area contributed by atoms with Crippen molar-refractivity contribution >= 4 is 45.2 Å². The number of carbonyl (C=O) groups excluding carboxylic acids is 1. The summed E-state index contributed by atoms with van der Waals surface area (Å²) in [6.45, 7) is 9.78. The molecule has 0 radical (unpaired) electrons. The highest BCUT2D eigenvalue weighted by Crippen LogP contribution is 2.38. The first-order valence-electron chi connectivity index (χ1n) is 11.5. The van der Waals surface area contributed by atoms with Crippen LogP contribution in [0.1, 0.15) is 57.0 Å². The van der Waals surface area contributed by atoms with Gasteiger partial charge in [0.25, 0.3) is 0 Å². The Hall–Kier alpha value is -2.88. The number of hydrogen-bond donors (Lipinski definition) is 3. The van der Waals surface area contributed by atoms with Gasteiger partial charge in [0.15, 0.2) is 5.82 Å². The van der Waals surface area contributed by atoms with Gasteiger partial charge in [-0.25, -0.2) is 9.78 Å². The summed E-state index contributed by atoms with van der Waals surface area (Å²) in [5.41, 5.74) is 0.499. The number of rotatable bonds is 4. The summed E-state index contributed by atoms with van der Waals surface area (Å²) in [6.07, 6.45) is 3.56. The summed E-state index contributed by atoms with van der Waals surface area (Å²) in [4.78, 5) is 26.4. The number of fused-ring (bicyclic) bond motifs is 3. The van der Waals surface area contributed by atoms with Crippen LogP contribution in [0.4, 0.5) is 22.4 Å². The Morgan fingerprint density at radius 3 is 2.55 bits per heavy atom. The summed E-state index contributed by atoms with van der Waals surface area (Å²) >= 11 is 1.65. The van der Waals surface area contributed by atoms with Crippen LogP contribution in [0.3, 0.4) is 0 Å². The van der Waals surface area contributed by atoms with Crippen molar-refractivity contribution < 1.29 is 9.53 Å². The van der Waals surface area contributed by atoms with E-state index in [1.54, 1.807) is 11.3 Å². The molecule has 0 spiro atoms. The van der Waals surface area contributed by atoms with Crippen molar-refractivity contribution in [2.75, 3.05) is 10.6 Å². The molecule has 1 unspecified atom stereocenters. The second-order valence-corrected chi connectivity index (χ2v) is 11.4. The van der Waals surface area contributed by atoms with Gasteiger partial charge in [-0.05, 0) is 66.4 Å². The summed E-state index contributed by atoms with van der Waals surface area (Å²) in [5.74, 6) is 2.08. The van der Waals surface area contributed by atoms with Crippen molar-refractivity contribution in [3.8, 4) is 0 Å². The van der Waals surface area contributed by atoms with Crippen molar-refractivity contribution in [1.82, 2.24) is 25.1 Å². The molecule has 2 fully saturated rings. The molecule has 5 heterocycles. The average Bonchev–Trinajstić information content (AvgIpc) is 3.36. The molecule has 10 heteroatoms. The third-order valence-electron chi connectivity index (χ3n) is 6.14. The fraction of sp³-hybridized carbons (Fsp3) is 0.565. The number of nitrogens with one attached hydrogen (secondary N) is 3. The predicted octanol–water partition coefficient (Wildman–Crippen LogP) is 5.12. The molecule has 3 aromatic heterocycles. The quantitative estimate of drug-likeness (QED) is 0.487. The van der Waals surface area contributed by atoms with Crippen LogP contribution in [0.15, 0.2) is 12.1 Å². The Morgan fingerprint density at radius 1 is 1.18 bits per heavy atom. The summed E-state index contributed by atoms with van der Waals surface area (Å²) in [7, 11) is 0. The zero-order chi connectivity index (χ0) is 23.3. The Balaban J connectivity index is 1.34. The lowest BCUT2D eigenvalue weighted by Crippen LogP contribution is -2.51. The van der Waals surface area contributed by atoms with Gasteiger partial charge >= 0.3 is 6.09 Å². The maximum atomic E-state index is 12.8. The first kappa shape index (κ1) is 21.9. The number of nitrogens with zero attached hydrogens (tertiary/aromatic N) is 4.